The molecular weight excluding hydrogens is 500 g/mol. The minimum atomic E-state index is -0.724. The fraction of sp³-hybridized carbons (Fsp3) is 0.767. The number of carbonyl (C=O) groups excluding carboxylic acids is 3. The lowest BCUT2D eigenvalue weighted by Gasteiger charge is -2.40. The molecule has 2 unspecified atom stereocenters. The second-order valence-corrected chi connectivity index (χ2v) is 13.6. The summed E-state index contributed by atoms with van der Waals surface area (Å²) in [6.07, 6.45) is 10.5. The lowest BCUT2D eigenvalue weighted by atomic mass is 9.66. The van der Waals surface area contributed by atoms with Crippen molar-refractivity contribution >= 4 is 29.5 Å². The van der Waals surface area contributed by atoms with Crippen LogP contribution in [0.4, 0.5) is 0 Å². The lowest BCUT2D eigenvalue weighted by Crippen LogP contribution is -2.58. The zero-order chi connectivity index (χ0) is 28.1. The highest BCUT2D eigenvalue weighted by atomic mass is 32.2. The first-order valence-corrected chi connectivity index (χ1v) is 15.3. The largest absolute Gasteiger partial charge is 0.465 e. The summed E-state index contributed by atoms with van der Waals surface area (Å²) in [5.74, 6) is -1.89. The number of aliphatic hydroxyl groups is 1. The van der Waals surface area contributed by atoms with Gasteiger partial charge in [-0.2, -0.15) is 0 Å². The predicted octanol–water partition coefficient (Wildman–Crippen LogP) is 4.59. The molecule has 1 N–H and O–H groups in total. The number of aliphatic hydroxyl groups excluding tert-OH is 1. The number of esters is 1. The van der Waals surface area contributed by atoms with Gasteiger partial charge < -0.3 is 19.6 Å². The molecule has 3 aliphatic heterocycles. The number of ether oxygens (including phenoxy) is 1. The van der Waals surface area contributed by atoms with Gasteiger partial charge in [0.2, 0.25) is 11.8 Å². The SMILES string of the molecule is C=CCCCCOC(=O)[C@@H]1[C@H]2C(=O)N([C@@H](CO)C(C)C)C(C(=O)N(CC=C)CCCCC)C23CC[C@@]1(C)S3. The van der Waals surface area contributed by atoms with E-state index < -0.39 is 33.4 Å². The monoisotopic (exact) mass is 548 g/mol. The van der Waals surface area contributed by atoms with Gasteiger partial charge >= 0.3 is 5.97 Å². The molecule has 1 spiro atoms. The molecule has 7 nitrogen and oxygen atoms in total. The van der Waals surface area contributed by atoms with Gasteiger partial charge in [-0.3, -0.25) is 14.4 Å². The summed E-state index contributed by atoms with van der Waals surface area (Å²) >= 11 is 1.65. The molecule has 2 amide bonds. The van der Waals surface area contributed by atoms with E-state index in [0.29, 0.717) is 26.1 Å². The molecule has 0 aliphatic carbocycles. The molecule has 3 heterocycles. The summed E-state index contributed by atoms with van der Waals surface area (Å²) in [6.45, 7) is 16.8. The first-order valence-electron chi connectivity index (χ1n) is 14.4. The van der Waals surface area contributed by atoms with E-state index in [9.17, 15) is 19.5 Å². The zero-order valence-electron chi connectivity index (χ0n) is 23.8. The number of carbonyl (C=O) groups is 3. The van der Waals surface area contributed by atoms with E-state index in [1.807, 2.05) is 24.8 Å². The van der Waals surface area contributed by atoms with Crippen LogP contribution in [0.2, 0.25) is 0 Å². The normalized spacial score (nSPS) is 30.4. The number of fused-ring (bicyclic) bond motifs is 1. The first kappa shape index (κ1) is 30.7. The second kappa shape index (κ2) is 13.0. The number of nitrogens with zero attached hydrogens (tertiary/aromatic N) is 2. The fourth-order valence-electron chi connectivity index (χ4n) is 6.80. The maximum Gasteiger partial charge on any atom is 0.311 e. The van der Waals surface area contributed by atoms with Crippen molar-refractivity contribution in [3.63, 3.8) is 0 Å². The van der Waals surface area contributed by atoms with Crippen molar-refractivity contribution in [3.8, 4) is 0 Å². The summed E-state index contributed by atoms with van der Waals surface area (Å²) in [6, 6.07) is -1.22. The third-order valence-electron chi connectivity index (χ3n) is 8.76. The van der Waals surface area contributed by atoms with Crippen LogP contribution in [0.15, 0.2) is 25.3 Å². The Hall–Kier alpha value is -1.80. The van der Waals surface area contributed by atoms with Crippen LogP contribution in [0.25, 0.3) is 0 Å². The van der Waals surface area contributed by atoms with Crippen molar-refractivity contribution in [2.75, 3.05) is 26.3 Å². The Kier molecular flexibility index (Phi) is 10.5. The van der Waals surface area contributed by atoms with Gasteiger partial charge in [-0.05, 0) is 51.4 Å². The van der Waals surface area contributed by atoms with Gasteiger partial charge in [-0.25, -0.2) is 0 Å². The molecule has 3 fully saturated rings. The average Bonchev–Trinajstić information content (AvgIpc) is 3.44. The Balaban J connectivity index is 1.99. The molecule has 0 aromatic rings. The molecule has 0 saturated carbocycles. The standard InChI is InChI=1S/C30H48N2O5S/c1-7-10-12-14-19-37-28(36)24-23-26(34)32(22(20-33)21(4)5)25(30(23)16-15-29(24,6)38-30)27(35)31(17-9-3)18-13-11-8-2/h7,9,21-25,33H,1,3,8,10-20H2,2,4-6H3/t22-,23-,24-,25?,29+,30?/m0/s1. The minimum absolute atomic E-state index is 0.0459. The summed E-state index contributed by atoms with van der Waals surface area (Å²) in [4.78, 5) is 45.7. The molecule has 0 radical (unpaired) electrons. The van der Waals surface area contributed by atoms with Crippen molar-refractivity contribution in [2.45, 2.75) is 101 Å². The molecule has 0 aromatic heterocycles. The van der Waals surface area contributed by atoms with Crippen LogP contribution in [0.5, 0.6) is 0 Å². The number of hydrogen-bond acceptors (Lipinski definition) is 6. The maximum atomic E-state index is 14.4. The van der Waals surface area contributed by atoms with Crippen LogP contribution in [0, 0.1) is 17.8 Å². The number of likely N-dealkylation sites (tertiary alicyclic amines) is 1. The Morgan fingerprint density at radius 1 is 1.21 bits per heavy atom. The van der Waals surface area contributed by atoms with Crippen molar-refractivity contribution in [1.82, 2.24) is 9.80 Å². The smallest absolute Gasteiger partial charge is 0.311 e. The first-order chi connectivity index (χ1) is 18.1. The van der Waals surface area contributed by atoms with Crippen LogP contribution in [0.1, 0.15) is 79.1 Å². The molecule has 214 valence electrons. The third-order valence-corrected chi connectivity index (χ3v) is 10.7. The fourth-order valence-corrected chi connectivity index (χ4v) is 9.13. The van der Waals surface area contributed by atoms with Gasteiger partial charge in [-0.1, -0.05) is 45.8 Å². The summed E-state index contributed by atoms with van der Waals surface area (Å²) in [5.41, 5.74) is 0. The second-order valence-electron chi connectivity index (χ2n) is 11.7. The molecule has 3 saturated heterocycles. The number of hydrogen-bond donors (Lipinski definition) is 1. The van der Waals surface area contributed by atoms with E-state index in [-0.39, 0.29) is 30.3 Å². The van der Waals surface area contributed by atoms with Gasteiger partial charge in [0.1, 0.15) is 6.04 Å². The number of rotatable bonds is 16. The highest BCUT2D eigenvalue weighted by Gasteiger charge is 2.78. The van der Waals surface area contributed by atoms with Crippen LogP contribution in [-0.2, 0) is 19.1 Å². The number of thioether (sulfide) groups is 1. The van der Waals surface area contributed by atoms with Crippen LogP contribution in [0.3, 0.4) is 0 Å². The number of unbranched alkanes of at least 4 members (excludes halogenated alkanes) is 4. The Bertz CT molecular complexity index is 894. The van der Waals surface area contributed by atoms with E-state index in [1.165, 1.54) is 0 Å². The third kappa shape index (κ3) is 5.58. The van der Waals surface area contributed by atoms with Crippen molar-refractivity contribution in [1.29, 1.82) is 0 Å². The number of allylic oxidation sites excluding steroid dienone is 1. The van der Waals surface area contributed by atoms with E-state index in [4.69, 9.17) is 4.74 Å². The van der Waals surface area contributed by atoms with Gasteiger partial charge in [-0.15, -0.1) is 24.9 Å². The number of amides is 2. The predicted molar refractivity (Wildman–Crippen MR) is 153 cm³/mol. The molecule has 38 heavy (non-hydrogen) atoms. The van der Waals surface area contributed by atoms with Crippen molar-refractivity contribution < 1.29 is 24.2 Å². The zero-order valence-corrected chi connectivity index (χ0v) is 24.6. The van der Waals surface area contributed by atoms with E-state index >= 15 is 0 Å². The van der Waals surface area contributed by atoms with Crippen LogP contribution in [-0.4, -0.2) is 80.6 Å². The van der Waals surface area contributed by atoms with Gasteiger partial charge in [0, 0.05) is 17.8 Å². The van der Waals surface area contributed by atoms with Gasteiger partial charge in [0.05, 0.1) is 35.8 Å². The summed E-state index contributed by atoms with van der Waals surface area (Å²) in [7, 11) is 0. The van der Waals surface area contributed by atoms with Crippen molar-refractivity contribution in [2.24, 2.45) is 17.8 Å². The summed E-state index contributed by atoms with van der Waals surface area (Å²) in [5, 5.41) is 10.4. The highest BCUT2D eigenvalue weighted by Crippen LogP contribution is 2.72. The van der Waals surface area contributed by atoms with Crippen LogP contribution < -0.4 is 0 Å². The van der Waals surface area contributed by atoms with E-state index in [0.717, 1.165) is 44.9 Å². The molecule has 0 aromatic carbocycles. The van der Waals surface area contributed by atoms with Crippen LogP contribution >= 0.6 is 11.8 Å². The molecule has 8 heteroatoms. The Morgan fingerprint density at radius 3 is 2.55 bits per heavy atom. The Labute approximate surface area is 233 Å². The van der Waals surface area contributed by atoms with Crippen molar-refractivity contribution in [3.05, 3.63) is 25.3 Å². The van der Waals surface area contributed by atoms with Gasteiger partial charge in [0.25, 0.3) is 0 Å². The molecular formula is C30H48N2O5S. The Morgan fingerprint density at radius 2 is 1.95 bits per heavy atom. The van der Waals surface area contributed by atoms with E-state index in [2.05, 4.69) is 27.0 Å². The quantitative estimate of drug-likeness (QED) is 0.173. The molecule has 3 rings (SSSR count). The lowest BCUT2D eigenvalue weighted by molar-refractivity contribution is -0.156. The molecule has 3 aliphatic rings. The average molecular weight is 549 g/mol. The molecule has 6 atom stereocenters. The van der Waals surface area contributed by atoms with E-state index in [1.54, 1.807) is 22.7 Å². The molecule has 2 bridgehead atoms. The van der Waals surface area contributed by atoms with Gasteiger partial charge in [0.15, 0.2) is 0 Å². The topological polar surface area (TPSA) is 87.1 Å². The summed E-state index contributed by atoms with van der Waals surface area (Å²) < 4.78 is 4.58. The maximum absolute atomic E-state index is 14.4. The highest BCUT2D eigenvalue weighted by molar-refractivity contribution is 8.02. The minimum Gasteiger partial charge on any atom is -0.465 e.